The minimum absolute atomic E-state index is 0.0916. The van der Waals surface area contributed by atoms with Crippen molar-refractivity contribution in [1.82, 2.24) is 0 Å². The van der Waals surface area contributed by atoms with E-state index in [1.54, 1.807) is 6.07 Å². The average Bonchev–Trinajstić information content (AvgIpc) is 2.36. The molecule has 0 atom stereocenters. The summed E-state index contributed by atoms with van der Waals surface area (Å²) in [6.07, 6.45) is 4.90. The molecular formula is C16H25FN2S. The molecule has 0 aliphatic heterocycles. The van der Waals surface area contributed by atoms with Crippen molar-refractivity contribution in [3.05, 3.63) is 29.6 Å². The maximum atomic E-state index is 13.8. The normalized spacial score (nSPS) is 11.4. The Labute approximate surface area is 126 Å². The molecule has 4 heteroatoms. The molecule has 0 saturated heterocycles. The molecule has 1 rings (SSSR count). The third-order valence-electron chi connectivity index (χ3n) is 3.46. The predicted octanol–water partition coefficient (Wildman–Crippen LogP) is 4.48. The van der Waals surface area contributed by atoms with Gasteiger partial charge in [0.05, 0.1) is 0 Å². The summed E-state index contributed by atoms with van der Waals surface area (Å²) in [7, 11) is 0. The summed E-state index contributed by atoms with van der Waals surface area (Å²) in [4.78, 5) is 0.0916. The van der Waals surface area contributed by atoms with Crippen LogP contribution < -0.4 is 11.1 Å². The summed E-state index contributed by atoms with van der Waals surface area (Å²) >= 11 is 4.79. The highest BCUT2D eigenvalue weighted by Gasteiger charge is 2.17. The highest BCUT2D eigenvalue weighted by atomic mass is 32.1. The first-order chi connectivity index (χ1) is 9.35. The first-order valence-corrected chi connectivity index (χ1v) is 7.60. The maximum Gasteiger partial charge on any atom is 0.135 e. The van der Waals surface area contributed by atoms with Crippen molar-refractivity contribution in [3.63, 3.8) is 0 Å². The van der Waals surface area contributed by atoms with Gasteiger partial charge in [0.25, 0.3) is 0 Å². The van der Waals surface area contributed by atoms with Gasteiger partial charge < -0.3 is 11.1 Å². The van der Waals surface area contributed by atoms with Crippen molar-refractivity contribution in [1.29, 1.82) is 0 Å². The van der Waals surface area contributed by atoms with Crippen LogP contribution in [0.1, 0.15) is 52.0 Å². The Bertz CT molecular complexity index is 458. The van der Waals surface area contributed by atoms with Crippen LogP contribution in [0.25, 0.3) is 0 Å². The molecule has 2 nitrogen and oxygen atoms in total. The van der Waals surface area contributed by atoms with Crippen LogP contribution in [-0.4, -0.2) is 11.5 Å². The largest absolute Gasteiger partial charge is 0.389 e. The van der Waals surface area contributed by atoms with Crippen LogP contribution in [0.4, 0.5) is 10.1 Å². The second-order valence-electron chi connectivity index (χ2n) is 6.03. The molecule has 0 aromatic heterocycles. The maximum absolute atomic E-state index is 13.8. The summed E-state index contributed by atoms with van der Waals surface area (Å²) in [5.41, 5.74) is 6.72. The number of hydrogen-bond acceptors (Lipinski definition) is 2. The summed E-state index contributed by atoms with van der Waals surface area (Å²) in [6.45, 7) is 7.49. The lowest BCUT2D eigenvalue weighted by Gasteiger charge is -2.25. The Morgan fingerprint density at radius 1 is 1.35 bits per heavy atom. The lowest BCUT2D eigenvalue weighted by atomic mass is 9.87. The first-order valence-electron chi connectivity index (χ1n) is 7.19. The average molecular weight is 296 g/mol. The third kappa shape index (κ3) is 5.45. The van der Waals surface area contributed by atoms with E-state index in [4.69, 9.17) is 18.0 Å². The van der Waals surface area contributed by atoms with Gasteiger partial charge in [-0.15, -0.1) is 0 Å². The van der Waals surface area contributed by atoms with Gasteiger partial charge in [0.2, 0.25) is 0 Å². The molecule has 0 amide bonds. The van der Waals surface area contributed by atoms with Crippen molar-refractivity contribution in [2.45, 2.75) is 46.5 Å². The second-order valence-corrected chi connectivity index (χ2v) is 6.47. The third-order valence-corrected chi connectivity index (χ3v) is 3.68. The van der Waals surface area contributed by atoms with Gasteiger partial charge in [-0.05, 0) is 30.0 Å². The topological polar surface area (TPSA) is 38.0 Å². The highest BCUT2D eigenvalue weighted by molar-refractivity contribution is 7.80. The van der Waals surface area contributed by atoms with Gasteiger partial charge in [-0.1, -0.05) is 52.3 Å². The number of benzene rings is 1. The van der Waals surface area contributed by atoms with E-state index in [1.807, 2.05) is 6.07 Å². The fraction of sp³-hybridized carbons (Fsp3) is 0.562. The fourth-order valence-electron chi connectivity index (χ4n) is 2.11. The number of unbranched alkanes of at least 4 members (excludes halogenated alkanes) is 2. The van der Waals surface area contributed by atoms with E-state index < -0.39 is 0 Å². The number of hydrogen-bond donors (Lipinski definition) is 2. The number of nitrogens with one attached hydrogen (secondary N) is 1. The standard InChI is InChI=1S/C16H25FN2S/c1-4-5-6-9-16(2,3)11-19-12-7-8-13(15(18)20)14(17)10-12/h7-8,10,19H,4-6,9,11H2,1-3H3,(H2,18,20). The van der Waals surface area contributed by atoms with Gasteiger partial charge in [0, 0.05) is 17.8 Å². The molecule has 0 aliphatic rings. The van der Waals surface area contributed by atoms with E-state index >= 15 is 0 Å². The molecule has 1 aromatic carbocycles. The fourth-order valence-corrected chi connectivity index (χ4v) is 2.27. The SMILES string of the molecule is CCCCCC(C)(C)CNc1ccc(C(N)=S)c(F)c1. The van der Waals surface area contributed by atoms with Crippen molar-refractivity contribution >= 4 is 22.9 Å². The molecule has 0 radical (unpaired) electrons. The Kier molecular flexibility index (Phi) is 6.40. The Morgan fingerprint density at radius 2 is 2.05 bits per heavy atom. The van der Waals surface area contributed by atoms with E-state index in [0.29, 0.717) is 5.56 Å². The molecule has 0 fully saturated rings. The van der Waals surface area contributed by atoms with Gasteiger partial charge in [0.15, 0.2) is 0 Å². The van der Waals surface area contributed by atoms with Crippen molar-refractivity contribution in [2.24, 2.45) is 11.1 Å². The molecule has 1 aromatic rings. The molecule has 0 heterocycles. The molecule has 20 heavy (non-hydrogen) atoms. The van der Waals surface area contributed by atoms with Crippen LogP contribution in [0, 0.1) is 11.2 Å². The lowest BCUT2D eigenvalue weighted by Crippen LogP contribution is -2.23. The van der Waals surface area contributed by atoms with Crippen LogP contribution in [0.5, 0.6) is 0 Å². The number of thiocarbonyl (C=S) groups is 1. The highest BCUT2D eigenvalue weighted by Crippen LogP contribution is 2.25. The quantitative estimate of drug-likeness (QED) is 0.549. The van der Waals surface area contributed by atoms with Gasteiger partial charge in [-0.2, -0.15) is 0 Å². The monoisotopic (exact) mass is 296 g/mol. The van der Waals surface area contributed by atoms with Crippen LogP contribution in [0.15, 0.2) is 18.2 Å². The zero-order valence-corrected chi connectivity index (χ0v) is 13.4. The molecule has 0 unspecified atom stereocenters. The van der Waals surface area contributed by atoms with Crippen LogP contribution >= 0.6 is 12.2 Å². The van der Waals surface area contributed by atoms with Crippen LogP contribution in [0.3, 0.4) is 0 Å². The number of anilines is 1. The summed E-state index contributed by atoms with van der Waals surface area (Å²) in [5.74, 6) is -0.369. The zero-order chi connectivity index (χ0) is 15.2. The molecule has 112 valence electrons. The van der Waals surface area contributed by atoms with E-state index in [1.165, 1.54) is 31.7 Å². The van der Waals surface area contributed by atoms with Crippen molar-refractivity contribution < 1.29 is 4.39 Å². The molecular weight excluding hydrogens is 271 g/mol. The van der Waals surface area contributed by atoms with Crippen molar-refractivity contribution in [2.75, 3.05) is 11.9 Å². The molecule has 0 spiro atoms. The Hall–Kier alpha value is -1.16. The van der Waals surface area contributed by atoms with E-state index in [9.17, 15) is 4.39 Å². The van der Waals surface area contributed by atoms with Crippen LogP contribution in [0.2, 0.25) is 0 Å². The number of halogens is 1. The van der Waals surface area contributed by atoms with E-state index in [0.717, 1.165) is 12.2 Å². The lowest BCUT2D eigenvalue weighted by molar-refractivity contribution is 0.342. The van der Waals surface area contributed by atoms with E-state index in [2.05, 4.69) is 26.1 Å². The summed E-state index contributed by atoms with van der Waals surface area (Å²) in [6, 6.07) is 4.90. The minimum atomic E-state index is -0.369. The Balaban J connectivity index is 2.57. The smallest absolute Gasteiger partial charge is 0.135 e. The van der Waals surface area contributed by atoms with Gasteiger partial charge in [-0.3, -0.25) is 0 Å². The van der Waals surface area contributed by atoms with Gasteiger partial charge in [-0.25, -0.2) is 4.39 Å². The molecule has 0 aliphatic carbocycles. The summed E-state index contributed by atoms with van der Waals surface area (Å²) in [5, 5.41) is 3.29. The zero-order valence-electron chi connectivity index (χ0n) is 12.6. The molecule has 3 N–H and O–H groups in total. The van der Waals surface area contributed by atoms with E-state index in [-0.39, 0.29) is 16.2 Å². The minimum Gasteiger partial charge on any atom is -0.389 e. The van der Waals surface area contributed by atoms with Crippen molar-refractivity contribution in [3.8, 4) is 0 Å². The number of rotatable bonds is 8. The second kappa shape index (κ2) is 7.58. The first kappa shape index (κ1) is 16.9. The van der Waals surface area contributed by atoms with Crippen LogP contribution in [-0.2, 0) is 0 Å². The van der Waals surface area contributed by atoms with Gasteiger partial charge in [0.1, 0.15) is 10.8 Å². The summed E-state index contributed by atoms with van der Waals surface area (Å²) < 4.78 is 13.8. The predicted molar refractivity (Wildman–Crippen MR) is 88.7 cm³/mol. The number of nitrogens with two attached hydrogens (primary N) is 1. The van der Waals surface area contributed by atoms with Gasteiger partial charge >= 0.3 is 0 Å². The Morgan fingerprint density at radius 3 is 2.60 bits per heavy atom. The molecule has 0 saturated carbocycles. The molecule has 0 bridgehead atoms.